The average Bonchev–Trinajstić information content (AvgIpc) is 2.65. The second-order valence-electron chi connectivity index (χ2n) is 4.04. The van der Waals surface area contributed by atoms with Crippen LogP contribution < -0.4 is 5.32 Å². The van der Waals surface area contributed by atoms with E-state index in [4.69, 9.17) is 9.47 Å². The number of rotatable bonds is 8. The zero-order chi connectivity index (χ0) is 12.7. The summed E-state index contributed by atoms with van der Waals surface area (Å²) in [6.45, 7) is 9.03. The van der Waals surface area contributed by atoms with Gasteiger partial charge >= 0.3 is 0 Å². The molecule has 98 valence electrons. The standard InChI is InChI=1S/C12H23N3O2/c1-5-17-11(3)8-13-12-14-10(2)9-15(12)6-7-16-4/h9,11H,5-8H2,1-4H3,(H,13,14). The van der Waals surface area contributed by atoms with Crippen LogP contribution in [0, 0.1) is 6.92 Å². The molecular formula is C12H23N3O2. The highest BCUT2D eigenvalue weighted by molar-refractivity contribution is 5.28. The zero-order valence-electron chi connectivity index (χ0n) is 11.2. The number of nitrogens with one attached hydrogen (secondary N) is 1. The van der Waals surface area contributed by atoms with Gasteiger partial charge in [-0.25, -0.2) is 4.98 Å². The molecule has 1 heterocycles. The Labute approximate surface area is 103 Å². The minimum atomic E-state index is 0.188. The largest absolute Gasteiger partial charge is 0.383 e. The van der Waals surface area contributed by atoms with Crippen LogP contribution in [0.25, 0.3) is 0 Å². The van der Waals surface area contributed by atoms with Gasteiger partial charge in [0.1, 0.15) is 0 Å². The summed E-state index contributed by atoms with van der Waals surface area (Å²) in [5.74, 6) is 0.881. The Kier molecular flexibility index (Phi) is 6.00. The summed E-state index contributed by atoms with van der Waals surface area (Å²) in [6.07, 6.45) is 2.21. The van der Waals surface area contributed by atoms with Crippen molar-refractivity contribution in [2.75, 3.05) is 32.2 Å². The van der Waals surface area contributed by atoms with E-state index in [2.05, 4.69) is 14.9 Å². The van der Waals surface area contributed by atoms with Crippen LogP contribution in [0.1, 0.15) is 19.5 Å². The molecule has 5 nitrogen and oxygen atoms in total. The maximum atomic E-state index is 5.47. The Bertz CT molecular complexity index is 326. The number of ether oxygens (including phenoxy) is 2. The number of methoxy groups -OCH3 is 1. The van der Waals surface area contributed by atoms with Crippen molar-refractivity contribution in [2.24, 2.45) is 0 Å². The lowest BCUT2D eigenvalue weighted by Gasteiger charge is -2.14. The van der Waals surface area contributed by atoms with E-state index in [0.29, 0.717) is 6.61 Å². The third-order valence-corrected chi connectivity index (χ3v) is 2.43. The summed E-state index contributed by atoms with van der Waals surface area (Å²) in [4.78, 5) is 4.44. The number of imidazole rings is 1. The van der Waals surface area contributed by atoms with Crippen molar-refractivity contribution in [3.05, 3.63) is 11.9 Å². The molecule has 0 aliphatic heterocycles. The van der Waals surface area contributed by atoms with Crippen LogP contribution in [0.5, 0.6) is 0 Å². The Morgan fingerprint density at radius 3 is 2.94 bits per heavy atom. The Morgan fingerprint density at radius 2 is 2.29 bits per heavy atom. The normalized spacial score (nSPS) is 12.7. The van der Waals surface area contributed by atoms with Crippen LogP contribution in [0.15, 0.2) is 6.20 Å². The van der Waals surface area contributed by atoms with Crippen LogP contribution in [-0.2, 0) is 16.0 Å². The summed E-state index contributed by atoms with van der Waals surface area (Å²) in [5, 5.41) is 3.30. The van der Waals surface area contributed by atoms with Crippen LogP contribution in [-0.4, -0.2) is 42.5 Å². The van der Waals surface area contributed by atoms with Gasteiger partial charge in [-0.3, -0.25) is 0 Å². The highest BCUT2D eigenvalue weighted by atomic mass is 16.5. The molecule has 5 heteroatoms. The predicted octanol–water partition coefficient (Wildman–Crippen LogP) is 1.67. The SMILES string of the molecule is CCOC(C)CNc1nc(C)cn1CCOC. The van der Waals surface area contributed by atoms with Crippen LogP contribution >= 0.6 is 0 Å². The first-order valence-electron chi connectivity index (χ1n) is 6.05. The molecule has 0 aliphatic carbocycles. The summed E-state index contributed by atoms with van der Waals surface area (Å²) in [7, 11) is 1.70. The monoisotopic (exact) mass is 241 g/mol. The van der Waals surface area contributed by atoms with E-state index in [1.165, 1.54) is 0 Å². The van der Waals surface area contributed by atoms with Gasteiger partial charge in [0, 0.05) is 33.0 Å². The molecule has 0 aliphatic rings. The molecule has 0 spiro atoms. The number of anilines is 1. The van der Waals surface area contributed by atoms with Crippen molar-refractivity contribution >= 4 is 5.95 Å². The van der Waals surface area contributed by atoms with Gasteiger partial charge in [-0.05, 0) is 20.8 Å². The summed E-state index contributed by atoms with van der Waals surface area (Å²) >= 11 is 0. The molecule has 0 fully saturated rings. The Balaban J connectivity index is 2.50. The van der Waals surface area contributed by atoms with Gasteiger partial charge in [-0.2, -0.15) is 0 Å². The van der Waals surface area contributed by atoms with Gasteiger partial charge in [0.2, 0.25) is 5.95 Å². The zero-order valence-corrected chi connectivity index (χ0v) is 11.2. The van der Waals surface area contributed by atoms with Crippen LogP contribution in [0.4, 0.5) is 5.95 Å². The van der Waals surface area contributed by atoms with Gasteiger partial charge < -0.3 is 19.4 Å². The summed E-state index contributed by atoms with van der Waals surface area (Å²) < 4.78 is 12.6. The Hall–Kier alpha value is -1.07. The average molecular weight is 241 g/mol. The third-order valence-electron chi connectivity index (χ3n) is 2.43. The van der Waals surface area contributed by atoms with Crippen LogP contribution in [0.3, 0.4) is 0 Å². The first kappa shape index (κ1) is 14.0. The molecule has 0 aromatic carbocycles. The van der Waals surface area contributed by atoms with E-state index in [-0.39, 0.29) is 6.10 Å². The lowest BCUT2D eigenvalue weighted by Crippen LogP contribution is -2.21. The minimum Gasteiger partial charge on any atom is -0.383 e. The molecule has 0 bridgehead atoms. The molecule has 0 amide bonds. The molecular weight excluding hydrogens is 218 g/mol. The molecule has 0 saturated heterocycles. The van der Waals surface area contributed by atoms with Crippen molar-refractivity contribution in [2.45, 2.75) is 33.4 Å². The van der Waals surface area contributed by atoms with E-state index in [0.717, 1.165) is 31.3 Å². The van der Waals surface area contributed by atoms with Crippen molar-refractivity contribution in [3.63, 3.8) is 0 Å². The van der Waals surface area contributed by atoms with Crippen LogP contribution in [0.2, 0.25) is 0 Å². The fourth-order valence-corrected chi connectivity index (χ4v) is 1.63. The molecule has 1 atom stereocenters. The quantitative estimate of drug-likeness (QED) is 0.752. The molecule has 1 aromatic heterocycles. The van der Waals surface area contributed by atoms with Gasteiger partial charge in [0.05, 0.1) is 18.4 Å². The first-order chi connectivity index (χ1) is 8.17. The van der Waals surface area contributed by atoms with E-state index in [1.807, 2.05) is 27.0 Å². The number of aromatic nitrogens is 2. The van der Waals surface area contributed by atoms with Gasteiger partial charge in [0.25, 0.3) is 0 Å². The van der Waals surface area contributed by atoms with Gasteiger partial charge in [-0.1, -0.05) is 0 Å². The molecule has 1 aromatic rings. The van der Waals surface area contributed by atoms with Gasteiger partial charge in [0.15, 0.2) is 0 Å². The molecule has 1 N–H and O–H groups in total. The van der Waals surface area contributed by atoms with Crippen molar-refractivity contribution in [1.29, 1.82) is 0 Å². The predicted molar refractivity (Wildman–Crippen MR) is 68.4 cm³/mol. The smallest absolute Gasteiger partial charge is 0.203 e. The van der Waals surface area contributed by atoms with Crippen molar-refractivity contribution in [1.82, 2.24) is 9.55 Å². The molecule has 0 radical (unpaired) electrons. The Morgan fingerprint density at radius 1 is 1.53 bits per heavy atom. The van der Waals surface area contributed by atoms with E-state index >= 15 is 0 Å². The molecule has 1 rings (SSSR count). The second kappa shape index (κ2) is 7.29. The molecule has 17 heavy (non-hydrogen) atoms. The van der Waals surface area contributed by atoms with E-state index < -0.39 is 0 Å². The lowest BCUT2D eigenvalue weighted by atomic mass is 10.4. The topological polar surface area (TPSA) is 48.3 Å². The highest BCUT2D eigenvalue weighted by Gasteiger charge is 2.07. The van der Waals surface area contributed by atoms with Gasteiger partial charge in [-0.15, -0.1) is 0 Å². The lowest BCUT2D eigenvalue weighted by molar-refractivity contribution is 0.0853. The minimum absolute atomic E-state index is 0.188. The molecule has 1 unspecified atom stereocenters. The number of aryl methyl sites for hydroxylation is 1. The number of nitrogens with zero attached hydrogens (tertiary/aromatic N) is 2. The van der Waals surface area contributed by atoms with Crippen molar-refractivity contribution in [3.8, 4) is 0 Å². The first-order valence-corrected chi connectivity index (χ1v) is 6.05. The number of hydrogen-bond acceptors (Lipinski definition) is 4. The molecule has 0 saturated carbocycles. The second-order valence-corrected chi connectivity index (χ2v) is 4.04. The fraction of sp³-hybridized carbons (Fsp3) is 0.750. The summed E-state index contributed by atoms with van der Waals surface area (Å²) in [5.41, 5.74) is 1.01. The maximum Gasteiger partial charge on any atom is 0.203 e. The highest BCUT2D eigenvalue weighted by Crippen LogP contribution is 2.08. The summed E-state index contributed by atoms with van der Waals surface area (Å²) in [6, 6.07) is 0. The number of hydrogen-bond donors (Lipinski definition) is 1. The van der Waals surface area contributed by atoms with Crippen molar-refractivity contribution < 1.29 is 9.47 Å². The van der Waals surface area contributed by atoms with E-state index in [1.54, 1.807) is 7.11 Å². The fourth-order valence-electron chi connectivity index (χ4n) is 1.63. The van der Waals surface area contributed by atoms with E-state index in [9.17, 15) is 0 Å². The third kappa shape index (κ3) is 4.75. The maximum absolute atomic E-state index is 5.47.